The van der Waals surface area contributed by atoms with Crippen LogP contribution in [0.4, 0.5) is 8.78 Å². The number of fused-ring (bicyclic) bond motifs is 2. The standard InChI is InChI=1S/2C26H26FN3O/c2*1-17-13-19(8-10-24(17)29-15-18(2)28-16-29)14-20-5-4-12-30(26(20)31)25-11-9-21-22(25)6-3-7-23(21)27/h2*3,6-8,10,13-16,25H,4-5,9,11-12H2,1-2H3/b2*20-14+/t2*25-/m10/s1. The minimum Gasteiger partial charge on any atom is -0.332 e. The first-order valence-electron chi connectivity index (χ1n) is 21.8. The minimum absolute atomic E-state index is 0.0181. The summed E-state index contributed by atoms with van der Waals surface area (Å²) in [5.41, 5.74) is 13.6. The summed E-state index contributed by atoms with van der Waals surface area (Å²) in [6, 6.07) is 22.9. The molecule has 0 unspecified atom stereocenters. The lowest BCUT2D eigenvalue weighted by Gasteiger charge is -2.34. The van der Waals surface area contributed by atoms with Crippen LogP contribution in [0.15, 0.2) is 109 Å². The van der Waals surface area contributed by atoms with Crippen molar-refractivity contribution < 1.29 is 18.4 Å². The predicted octanol–water partition coefficient (Wildman–Crippen LogP) is 10.6. The molecule has 0 saturated carbocycles. The number of benzene rings is 4. The second-order valence-electron chi connectivity index (χ2n) is 17.2. The van der Waals surface area contributed by atoms with Gasteiger partial charge in [0.2, 0.25) is 11.8 Å². The van der Waals surface area contributed by atoms with Crippen LogP contribution in [0.5, 0.6) is 0 Å². The van der Waals surface area contributed by atoms with Crippen molar-refractivity contribution in [3.8, 4) is 11.4 Å². The quantitative estimate of drug-likeness (QED) is 0.157. The Kier molecular flexibility index (Phi) is 11.3. The Morgan fingerprint density at radius 3 is 1.40 bits per heavy atom. The molecule has 2 aliphatic heterocycles. The van der Waals surface area contributed by atoms with Gasteiger partial charge in [0.25, 0.3) is 0 Å². The SMILES string of the molecule is Cc1cn(-c2ccc(/C=C3\CCCN([C@@H]4CCc5c(F)cccc54)C3=O)cc2C)cn1.Cc1cn(-c2ccc(/C=C3\CCCN([C@H]4CCc5c(F)cccc54)C3=O)cc2C)cn1. The Morgan fingerprint density at radius 2 is 1.02 bits per heavy atom. The molecule has 2 atom stereocenters. The molecule has 2 amide bonds. The second-order valence-corrected chi connectivity index (χ2v) is 17.2. The molecule has 0 bridgehead atoms. The summed E-state index contributed by atoms with van der Waals surface area (Å²) in [7, 11) is 0. The first kappa shape index (κ1) is 41.0. The van der Waals surface area contributed by atoms with Gasteiger partial charge in [-0.3, -0.25) is 9.59 Å². The maximum absolute atomic E-state index is 14.2. The van der Waals surface area contributed by atoms with Crippen molar-refractivity contribution >= 4 is 24.0 Å². The van der Waals surface area contributed by atoms with Gasteiger partial charge in [-0.1, -0.05) is 36.4 Å². The third kappa shape index (κ3) is 8.06. The topological polar surface area (TPSA) is 76.3 Å². The van der Waals surface area contributed by atoms with E-state index < -0.39 is 0 Å². The van der Waals surface area contributed by atoms with E-state index in [0.29, 0.717) is 12.8 Å². The average molecular weight is 831 g/mol. The number of carbonyl (C=O) groups is 2. The molecule has 10 rings (SSSR count). The third-order valence-corrected chi connectivity index (χ3v) is 13.0. The zero-order valence-electron chi connectivity index (χ0n) is 35.9. The van der Waals surface area contributed by atoms with Crippen LogP contribution in [0.1, 0.15) is 107 Å². The molecule has 0 N–H and O–H groups in total. The van der Waals surface area contributed by atoms with E-state index in [1.807, 2.05) is 82.1 Å². The van der Waals surface area contributed by atoms with E-state index in [1.54, 1.807) is 12.1 Å². The Balaban J connectivity index is 0.000000158. The van der Waals surface area contributed by atoms with Gasteiger partial charge in [0.1, 0.15) is 11.6 Å². The smallest absolute Gasteiger partial charge is 0.250 e. The van der Waals surface area contributed by atoms with Crippen LogP contribution >= 0.6 is 0 Å². The summed E-state index contributed by atoms with van der Waals surface area (Å²) < 4.78 is 32.4. The van der Waals surface area contributed by atoms with Crippen LogP contribution in [0.3, 0.4) is 0 Å². The number of aromatic nitrogens is 4. The van der Waals surface area contributed by atoms with Crippen molar-refractivity contribution in [2.75, 3.05) is 13.1 Å². The largest absolute Gasteiger partial charge is 0.332 e. The van der Waals surface area contributed by atoms with E-state index >= 15 is 0 Å². The molecule has 2 aromatic heterocycles. The van der Waals surface area contributed by atoms with Crippen molar-refractivity contribution in [3.05, 3.63) is 177 Å². The highest BCUT2D eigenvalue weighted by Gasteiger charge is 2.36. The van der Waals surface area contributed by atoms with Crippen molar-refractivity contribution in [3.63, 3.8) is 0 Å². The minimum atomic E-state index is -0.149. The number of likely N-dealkylation sites (tertiary alicyclic amines) is 2. The zero-order valence-corrected chi connectivity index (χ0v) is 35.9. The van der Waals surface area contributed by atoms with E-state index in [1.165, 1.54) is 12.1 Å². The summed E-state index contributed by atoms with van der Waals surface area (Å²) in [5.74, 6) is -0.131. The molecule has 0 radical (unpaired) electrons. The van der Waals surface area contributed by atoms with E-state index in [9.17, 15) is 18.4 Å². The molecule has 6 aromatic rings. The predicted molar refractivity (Wildman–Crippen MR) is 239 cm³/mol. The normalized spacial score (nSPS) is 19.8. The lowest BCUT2D eigenvalue weighted by molar-refractivity contribution is -0.131. The van der Waals surface area contributed by atoms with Gasteiger partial charge in [-0.25, -0.2) is 18.7 Å². The fraction of sp³-hybridized carbons (Fsp3) is 0.308. The van der Waals surface area contributed by atoms with Crippen molar-refractivity contribution in [2.24, 2.45) is 0 Å². The Hall–Kier alpha value is -6.42. The van der Waals surface area contributed by atoms with E-state index in [2.05, 4.69) is 60.2 Å². The molecular weight excluding hydrogens is 779 g/mol. The highest BCUT2D eigenvalue weighted by Crippen LogP contribution is 2.41. The van der Waals surface area contributed by atoms with Gasteiger partial charge >= 0.3 is 0 Å². The first-order chi connectivity index (χ1) is 30.0. The maximum atomic E-state index is 14.2. The number of carbonyl (C=O) groups excluding carboxylic acids is 2. The molecule has 4 aromatic carbocycles. The summed E-state index contributed by atoms with van der Waals surface area (Å²) in [6.07, 6.45) is 18.1. The highest BCUT2D eigenvalue weighted by atomic mass is 19.1. The Labute approximate surface area is 362 Å². The van der Waals surface area contributed by atoms with Crippen LogP contribution in [-0.2, 0) is 22.4 Å². The average Bonchev–Trinajstić information content (AvgIpc) is 4.08. The van der Waals surface area contributed by atoms with Gasteiger partial charge in [0.05, 0.1) is 36.1 Å². The molecule has 62 heavy (non-hydrogen) atoms. The molecule has 2 aliphatic carbocycles. The van der Waals surface area contributed by atoms with Gasteiger partial charge < -0.3 is 18.9 Å². The zero-order chi connectivity index (χ0) is 43.1. The van der Waals surface area contributed by atoms with Gasteiger partial charge in [-0.2, -0.15) is 0 Å². The third-order valence-electron chi connectivity index (χ3n) is 13.0. The number of nitrogens with zero attached hydrogens (tertiary/aromatic N) is 6. The number of hydrogen-bond donors (Lipinski definition) is 0. The van der Waals surface area contributed by atoms with Crippen LogP contribution in [0.25, 0.3) is 23.5 Å². The van der Waals surface area contributed by atoms with Gasteiger partial charge in [-0.05, 0) is 172 Å². The van der Waals surface area contributed by atoms with Gasteiger partial charge in [0, 0.05) is 48.0 Å². The molecule has 2 saturated heterocycles. The monoisotopic (exact) mass is 830 g/mol. The van der Waals surface area contributed by atoms with E-state index in [-0.39, 0.29) is 35.5 Å². The number of imidazole rings is 2. The highest BCUT2D eigenvalue weighted by molar-refractivity contribution is 5.99. The molecule has 4 aliphatic rings. The van der Waals surface area contributed by atoms with Gasteiger partial charge in [0.15, 0.2) is 0 Å². The van der Waals surface area contributed by atoms with Gasteiger partial charge in [-0.15, -0.1) is 0 Å². The summed E-state index contributed by atoms with van der Waals surface area (Å²) in [6.45, 7) is 9.56. The van der Waals surface area contributed by atoms with E-state index in [0.717, 1.165) is 130 Å². The summed E-state index contributed by atoms with van der Waals surface area (Å²) in [4.78, 5) is 39.2. The molecule has 8 nitrogen and oxygen atoms in total. The molecule has 10 heteroatoms. The number of piperidine rings is 2. The fourth-order valence-electron chi connectivity index (χ4n) is 9.98. The van der Waals surface area contributed by atoms with Crippen molar-refractivity contribution in [2.45, 2.75) is 91.1 Å². The lowest BCUT2D eigenvalue weighted by Crippen LogP contribution is -2.39. The van der Waals surface area contributed by atoms with Crippen LogP contribution in [0.2, 0.25) is 0 Å². The number of rotatable bonds is 6. The van der Waals surface area contributed by atoms with Crippen LogP contribution in [-0.4, -0.2) is 53.8 Å². The second kappa shape index (κ2) is 17.2. The first-order valence-corrected chi connectivity index (χ1v) is 21.8. The summed E-state index contributed by atoms with van der Waals surface area (Å²) >= 11 is 0. The molecule has 316 valence electrons. The molecular formula is C52H52F2N6O2. The molecule has 4 heterocycles. The number of halogens is 2. The van der Waals surface area contributed by atoms with E-state index in [4.69, 9.17) is 0 Å². The maximum Gasteiger partial charge on any atom is 0.250 e. The van der Waals surface area contributed by atoms with Crippen molar-refractivity contribution in [1.82, 2.24) is 28.9 Å². The Morgan fingerprint density at radius 1 is 0.581 bits per heavy atom. The molecule has 2 fully saturated rings. The summed E-state index contributed by atoms with van der Waals surface area (Å²) in [5, 5.41) is 0. The number of hydrogen-bond acceptors (Lipinski definition) is 4. The molecule has 0 spiro atoms. The van der Waals surface area contributed by atoms with Crippen molar-refractivity contribution in [1.29, 1.82) is 0 Å². The Bertz CT molecular complexity index is 2570. The number of amides is 2. The lowest BCUT2D eigenvalue weighted by atomic mass is 9.97. The van der Waals surface area contributed by atoms with Crippen LogP contribution in [0, 0.1) is 39.3 Å². The number of aryl methyl sites for hydroxylation is 4. The van der Waals surface area contributed by atoms with Crippen LogP contribution < -0.4 is 0 Å². The fourth-order valence-corrected chi connectivity index (χ4v) is 9.98.